The number of halogens is 2. The van der Waals surface area contributed by atoms with Crippen LogP contribution in [0, 0.1) is 11.8 Å². The van der Waals surface area contributed by atoms with Crippen molar-refractivity contribution >= 4 is 0 Å². The van der Waals surface area contributed by atoms with Crippen LogP contribution in [0.4, 0.5) is 8.78 Å². The van der Waals surface area contributed by atoms with E-state index in [-0.39, 0.29) is 18.1 Å². The van der Waals surface area contributed by atoms with Crippen molar-refractivity contribution in [1.82, 2.24) is 0 Å². The summed E-state index contributed by atoms with van der Waals surface area (Å²) in [6.45, 7) is -0.0470. The lowest BCUT2D eigenvalue weighted by molar-refractivity contribution is 0.0199. The maximum absolute atomic E-state index is 13.6. The Kier molecular flexibility index (Phi) is 2.43. The second-order valence-corrected chi connectivity index (χ2v) is 4.10. The van der Waals surface area contributed by atoms with Gasteiger partial charge in [0, 0.05) is 24.0 Å². The van der Waals surface area contributed by atoms with E-state index >= 15 is 0 Å². The molecule has 0 aromatic carbocycles. The maximum atomic E-state index is 13.6. The van der Waals surface area contributed by atoms with Crippen molar-refractivity contribution < 1.29 is 13.9 Å². The third kappa shape index (κ3) is 1.73. The van der Waals surface area contributed by atoms with Crippen LogP contribution in [0.15, 0.2) is 23.8 Å². The van der Waals surface area contributed by atoms with Gasteiger partial charge in [-0.25, -0.2) is 8.78 Å². The van der Waals surface area contributed by atoms with Crippen LogP contribution in [-0.2, 0) is 0 Å². The Balaban J connectivity index is 2.15. The molecule has 14 heavy (non-hydrogen) atoms. The van der Waals surface area contributed by atoms with Gasteiger partial charge in [-0.2, -0.15) is 0 Å². The summed E-state index contributed by atoms with van der Waals surface area (Å²) in [5.41, 5.74) is 0.102. The molecule has 0 radical (unpaired) electrons. The molecular formula is C11H14F2O. The summed E-state index contributed by atoms with van der Waals surface area (Å²) in [6.07, 6.45) is 6.68. The van der Waals surface area contributed by atoms with E-state index in [1.165, 1.54) is 12.2 Å². The number of allylic oxidation sites excluding steroid dienone is 3. The number of hydrogen-bond donors (Lipinski definition) is 1. The van der Waals surface area contributed by atoms with Crippen LogP contribution in [0.25, 0.3) is 0 Å². The van der Waals surface area contributed by atoms with Crippen LogP contribution in [0.1, 0.15) is 19.3 Å². The highest BCUT2D eigenvalue weighted by Gasteiger charge is 2.48. The molecule has 1 unspecified atom stereocenters. The average Bonchev–Trinajstić information content (AvgIpc) is 3.01. The molecule has 2 aliphatic carbocycles. The Morgan fingerprint density at radius 1 is 1.43 bits per heavy atom. The van der Waals surface area contributed by atoms with Gasteiger partial charge < -0.3 is 5.11 Å². The van der Waals surface area contributed by atoms with Crippen molar-refractivity contribution in [3.63, 3.8) is 0 Å². The number of aliphatic hydroxyl groups is 1. The van der Waals surface area contributed by atoms with Gasteiger partial charge in [0.15, 0.2) is 0 Å². The average molecular weight is 200 g/mol. The molecule has 0 amide bonds. The first-order valence-electron chi connectivity index (χ1n) is 5.02. The van der Waals surface area contributed by atoms with Gasteiger partial charge in [0.25, 0.3) is 5.92 Å². The summed E-state index contributed by atoms with van der Waals surface area (Å²) >= 11 is 0. The molecule has 1 N–H and O–H groups in total. The molecule has 0 bridgehead atoms. The summed E-state index contributed by atoms with van der Waals surface area (Å²) in [7, 11) is 0. The Labute approximate surface area is 82.1 Å². The molecular weight excluding hydrogens is 186 g/mol. The van der Waals surface area contributed by atoms with E-state index in [0.29, 0.717) is 19.3 Å². The predicted molar refractivity (Wildman–Crippen MR) is 50.1 cm³/mol. The molecule has 3 heteroatoms. The molecule has 78 valence electrons. The van der Waals surface area contributed by atoms with Crippen molar-refractivity contribution in [3.05, 3.63) is 23.8 Å². The lowest BCUT2D eigenvalue weighted by atomic mass is 9.92. The number of rotatable bonds is 3. The van der Waals surface area contributed by atoms with Crippen LogP contribution >= 0.6 is 0 Å². The van der Waals surface area contributed by atoms with Gasteiger partial charge in [0.2, 0.25) is 0 Å². The summed E-state index contributed by atoms with van der Waals surface area (Å²) in [5.74, 6) is -3.26. The SMILES string of the molecule is OCC1C=C(C(F)(F)C2CC2)C=CC1. The van der Waals surface area contributed by atoms with Gasteiger partial charge in [-0.05, 0) is 19.3 Å². The van der Waals surface area contributed by atoms with Gasteiger partial charge in [-0.1, -0.05) is 18.2 Å². The Morgan fingerprint density at radius 2 is 2.14 bits per heavy atom. The first kappa shape index (κ1) is 9.84. The first-order chi connectivity index (χ1) is 6.64. The van der Waals surface area contributed by atoms with Crippen LogP contribution in [-0.4, -0.2) is 17.6 Å². The third-order valence-electron chi connectivity index (χ3n) is 2.86. The molecule has 1 atom stereocenters. The van der Waals surface area contributed by atoms with Crippen molar-refractivity contribution in [2.75, 3.05) is 6.61 Å². The van der Waals surface area contributed by atoms with E-state index in [1.54, 1.807) is 6.08 Å². The fourth-order valence-electron chi connectivity index (χ4n) is 1.78. The van der Waals surface area contributed by atoms with E-state index in [9.17, 15) is 8.78 Å². The van der Waals surface area contributed by atoms with Crippen molar-refractivity contribution in [3.8, 4) is 0 Å². The summed E-state index contributed by atoms with van der Waals surface area (Å²) in [5, 5.41) is 8.91. The molecule has 0 aromatic rings. The highest BCUT2D eigenvalue weighted by Crippen LogP contribution is 2.48. The quantitative estimate of drug-likeness (QED) is 0.742. The standard InChI is InChI=1S/C11H14F2O/c12-11(13,9-4-5-9)10-3-1-2-8(6-10)7-14/h1,3,6,8-9,14H,2,4-5,7H2. The minimum Gasteiger partial charge on any atom is -0.396 e. The summed E-state index contributed by atoms with van der Waals surface area (Å²) in [6, 6.07) is 0. The van der Waals surface area contributed by atoms with E-state index in [1.807, 2.05) is 0 Å². The first-order valence-corrected chi connectivity index (χ1v) is 5.02. The van der Waals surface area contributed by atoms with Crippen molar-refractivity contribution in [2.45, 2.75) is 25.2 Å². The normalized spacial score (nSPS) is 27.6. The van der Waals surface area contributed by atoms with Crippen LogP contribution in [0.5, 0.6) is 0 Å². The largest absolute Gasteiger partial charge is 0.396 e. The smallest absolute Gasteiger partial charge is 0.275 e. The van der Waals surface area contributed by atoms with Crippen molar-refractivity contribution in [2.24, 2.45) is 11.8 Å². The van der Waals surface area contributed by atoms with Crippen LogP contribution in [0.3, 0.4) is 0 Å². The Bertz CT molecular complexity index is 277. The number of aliphatic hydroxyl groups excluding tert-OH is 1. The summed E-state index contributed by atoms with van der Waals surface area (Å²) in [4.78, 5) is 0. The zero-order valence-corrected chi connectivity index (χ0v) is 7.92. The highest BCUT2D eigenvalue weighted by atomic mass is 19.3. The molecule has 2 aliphatic rings. The predicted octanol–water partition coefficient (Wildman–Crippen LogP) is 2.53. The van der Waals surface area contributed by atoms with Crippen LogP contribution in [0.2, 0.25) is 0 Å². The molecule has 0 aromatic heterocycles. The molecule has 0 heterocycles. The Hall–Kier alpha value is -0.700. The monoisotopic (exact) mass is 200 g/mol. The zero-order chi connectivity index (χ0) is 10.2. The lowest BCUT2D eigenvalue weighted by Gasteiger charge is -2.22. The van der Waals surface area contributed by atoms with Gasteiger partial charge in [-0.15, -0.1) is 0 Å². The number of hydrogen-bond acceptors (Lipinski definition) is 1. The molecule has 1 nitrogen and oxygen atoms in total. The molecule has 1 saturated carbocycles. The number of alkyl halides is 2. The van der Waals surface area contributed by atoms with Crippen LogP contribution < -0.4 is 0 Å². The fraction of sp³-hybridized carbons (Fsp3) is 0.636. The minimum absolute atomic E-state index is 0.0470. The van der Waals surface area contributed by atoms with E-state index in [4.69, 9.17) is 5.11 Å². The zero-order valence-electron chi connectivity index (χ0n) is 7.92. The minimum atomic E-state index is -2.68. The second kappa shape index (κ2) is 3.46. The Morgan fingerprint density at radius 3 is 2.71 bits per heavy atom. The van der Waals surface area contributed by atoms with Gasteiger partial charge in [-0.3, -0.25) is 0 Å². The molecule has 0 aliphatic heterocycles. The van der Waals surface area contributed by atoms with Gasteiger partial charge >= 0.3 is 0 Å². The van der Waals surface area contributed by atoms with E-state index < -0.39 is 11.8 Å². The van der Waals surface area contributed by atoms with E-state index in [2.05, 4.69) is 0 Å². The van der Waals surface area contributed by atoms with Gasteiger partial charge in [0.1, 0.15) is 0 Å². The van der Waals surface area contributed by atoms with E-state index in [0.717, 1.165) is 0 Å². The maximum Gasteiger partial charge on any atom is 0.275 e. The fourth-order valence-corrected chi connectivity index (χ4v) is 1.78. The molecule has 1 fully saturated rings. The second-order valence-electron chi connectivity index (χ2n) is 4.10. The highest BCUT2D eigenvalue weighted by molar-refractivity contribution is 5.32. The van der Waals surface area contributed by atoms with Gasteiger partial charge in [0.05, 0.1) is 0 Å². The van der Waals surface area contributed by atoms with Crippen molar-refractivity contribution in [1.29, 1.82) is 0 Å². The molecule has 0 saturated heterocycles. The molecule has 0 spiro atoms. The molecule has 2 rings (SSSR count). The third-order valence-corrected chi connectivity index (χ3v) is 2.86. The summed E-state index contributed by atoms with van der Waals surface area (Å²) < 4.78 is 27.2. The lowest BCUT2D eigenvalue weighted by Crippen LogP contribution is -2.23. The topological polar surface area (TPSA) is 20.2 Å².